The molecule has 0 unspecified atom stereocenters. The van der Waals surface area contributed by atoms with Gasteiger partial charge in [0.05, 0.1) is 5.75 Å². The number of aryl methyl sites for hydroxylation is 1. The van der Waals surface area contributed by atoms with Crippen LogP contribution in [0, 0.1) is 6.92 Å². The molecule has 0 aliphatic rings. The van der Waals surface area contributed by atoms with Gasteiger partial charge in [-0.2, -0.15) is 4.98 Å². The van der Waals surface area contributed by atoms with Gasteiger partial charge in [0.2, 0.25) is 5.82 Å². The number of pyridine rings is 1. The molecule has 0 aliphatic heterocycles. The molecule has 0 amide bonds. The van der Waals surface area contributed by atoms with Crippen LogP contribution in [-0.4, -0.2) is 15.1 Å². The minimum absolute atomic E-state index is 0.374. The van der Waals surface area contributed by atoms with Gasteiger partial charge in [0, 0.05) is 23.7 Å². The van der Waals surface area contributed by atoms with Crippen LogP contribution in [0.4, 0.5) is 0 Å². The lowest BCUT2D eigenvalue weighted by Crippen LogP contribution is -1.82. The van der Waals surface area contributed by atoms with Crippen molar-refractivity contribution < 1.29 is 8.94 Å². The lowest BCUT2D eigenvalue weighted by Gasteiger charge is -2.01. The summed E-state index contributed by atoms with van der Waals surface area (Å²) in [6, 6.07) is 16.1. The molecule has 130 valence electrons. The summed E-state index contributed by atoms with van der Waals surface area (Å²) in [6.07, 6.45) is 3.40. The van der Waals surface area contributed by atoms with Gasteiger partial charge in [0.1, 0.15) is 5.76 Å². The maximum absolute atomic E-state index is 5.84. The van der Waals surface area contributed by atoms with Crippen LogP contribution in [0.1, 0.15) is 16.9 Å². The summed E-state index contributed by atoms with van der Waals surface area (Å²) in [7, 11) is 0. The van der Waals surface area contributed by atoms with Crippen molar-refractivity contribution in [1.29, 1.82) is 0 Å². The standard InChI is InChI=1S/C20H17N3O2S/c1-14-4-6-15(7-5-14)12-26-13-17-8-9-18(24-17)20-22-19(23-25-20)16-3-2-10-21-11-16/h2-11H,12-13H2,1H3. The van der Waals surface area contributed by atoms with Gasteiger partial charge in [-0.05, 0) is 36.8 Å². The number of hydrogen-bond acceptors (Lipinski definition) is 6. The topological polar surface area (TPSA) is 65.0 Å². The highest BCUT2D eigenvalue weighted by Gasteiger charge is 2.14. The maximum atomic E-state index is 5.84. The monoisotopic (exact) mass is 363 g/mol. The first-order valence-corrected chi connectivity index (χ1v) is 9.40. The van der Waals surface area contributed by atoms with Crippen molar-refractivity contribution in [2.45, 2.75) is 18.4 Å². The van der Waals surface area contributed by atoms with Crippen LogP contribution in [0.5, 0.6) is 0 Å². The van der Waals surface area contributed by atoms with E-state index in [0.717, 1.165) is 22.8 Å². The van der Waals surface area contributed by atoms with Crippen LogP contribution in [0.25, 0.3) is 23.0 Å². The fourth-order valence-corrected chi connectivity index (χ4v) is 3.35. The highest BCUT2D eigenvalue weighted by molar-refractivity contribution is 7.97. The lowest BCUT2D eigenvalue weighted by atomic mass is 10.2. The molecule has 1 aromatic carbocycles. The van der Waals surface area contributed by atoms with Crippen LogP contribution in [0.15, 0.2) is 69.9 Å². The number of nitrogens with zero attached hydrogens (tertiary/aromatic N) is 3. The molecule has 4 aromatic rings. The summed E-state index contributed by atoms with van der Waals surface area (Å²) in [5.74, 6) is 4.08. The number of rotatable bonds is 6. The zero-order chi connectivity index (χ0) is 17.8. The van der Waals surface area contributed by atoms with E-state index < -0.39 is 0 Å². The fraction of sp³-hybridized carbons (Fsp3) is 0.150. The summed E-state index contributed by atoms with van der Waals surface area (Å²) in [5, 5.41) is 3.99. The molecule has 0 saturated heterocycles. The Morgan fingerprint density at radius 2 is 1.88 bits per heavy atom. The third-order valence-corrected chi connectivity index (χ3v) is 4.88. The summed E-state index contributed by atoms with van der Waals surface area (Å²) in [5.41, 5.74) is 3.40. The molecule has 4 rings (SSSR count). The Labute approximate surface area is 155 Å². The third-order valence-electron chi connectivity index (χ3n) is 3.85. The first-order valence-electron chi connectivity index (χ1n) is 8.24. The normalized spacial score (nSPS) is 11.0. The molecule has 0 aliphatic carbocycles. The summed E-state index contributed by atoms with van der Waals surface area (Å²) < 4.78 is 11.2. The molecule has 0 bridgehead atoms. The zero-order valence-corrected chi connectivity index (χ0v) is 15.1. The van der Waals surface area contributed by atoms with Gasteiger partial charge in [-0.3, -0.25) is 4.98 Å². The average Bonchev–Trinajstić information content (AvgIpc) is 3.33. The second kappa shape index (κ2) is 7.58. The van der Waals surface area contributed by atoms with Crippen LogP contribution in [-0.2, 0) is 11.5 Å². The number of benzene rings is 1. The highest BCUT2D eigenvalue weighted by Crippen LogP contribution is 2.26. The molecule has 0 saturated carbocycles. The number of furan rings is 1. The molecule has 3 aromatic heterocycles. The van der Waals surface area contributed by atoms with E-state index in [-0.39, 0.29) is 0 Å². The summed E-state index contributed by atoms with van der Waals surface area (Å²) in [4.78, 5) is 8.44. The van der Waals surface area contributed by atoms with Crippen molar-refractivity contribution in [2.24, 2.45) is 0 Å². The molecule has 6 heteroatoms. The first kappa shape index (κ1) is 16.6. The van der Waals surface area contributed by atoms with Gasteiger partial charge in [0.25, 0.3) is 5.89 Å². The zero-order valence-electron chi connectivity index (χ0n) is 14.3. The smallest absolute Gasteiger partial charge is 0.293 e. The summed E-state index contributed by atoms with van der Waals surface area (Å²) in [6.45, 7) is 2.10. The molecule has 0 fully saturated rings. The molecule has 0 radical (unpaired) electrons. The molecule has 0 N–H and O–H groups in total. The number of thioether (sulfide) groups is 1. The molecule has 3 heterocycles. The van der Waals surface area contributed by atoms with E-state index in [9.17, 15) is 0 Å². The minimum Gasteiger partial charge on any atom is -0.455 e. The van der Waals surface area contributed by atoms with Crippen LogP contribution < -0.4 is 0 Å². The second-order valence-corrected chi connectivity index (χ2v) is 6.89. The highest BCUT2D eigenvalue weighted by atomic mass is 32.2. The Kier molecular flexibility index (Phi) is 4.84. The largest absolute Gasteiger partial charge is 0.455 e. The molecular formula is C20H17N3O2S. The van der Waals surface area contributed by atoms with Gasteiger partial charge < -0.3 is 8.94 Å². The van der Waals surface area contributed by atoms with Gasteiger partial charge >= 0.3 is 0 Å². The Bertz CT molecular complexity index is 978. The summed E-state index contributed by atoms with van der Waals surface area (Å²) >= 11 is 1.81. The van der Waals surface area contributed by atoms with Gasteiger partial charge in [-0.25, -0.2) is 0 Å². The van der Waals surface area contributed by atoms with Crippen molar-refractivity contribution in [3.8, 4) is 23.0 Å². The molecular weight excluding hydrogens is 346 g/mol. The van der Waals surface area contributed by atoms with Crippen LogP contribution in [0.3, 0.4) is 0 Å². The van der Waals surface area contributed by atoms with Crippen LogP contribution >= 0.6 is 11.8 Å². The average molecular weight is 363 g/mol. The molecule has 0 spiro atoms. The fourth-order valence-electron chi connectivity index (χ4n) is 2.46. The SMILES string of the molecule is Cc1ccc(CSCc2ccc(-c3nc(-c4cccnc4)no3)o2)cc1. The van der Waals surface area contributed by atoms with E-state index in [1.165, 1.54) is 11.1 Å². The van der Waals surface area contributed by atoms with Crippen molar-refractivity contribution in [2.75, 3.05) is 0 Å². The van der Waals surface area contributed by atoms with Gasteiger partial charge in [0.15, 0.2) is 5.76 Å². The van der Waals surface area contributed by atoms with E-state index in [0.29, 0.717) is 17.5 Å². The van der Waals surface area contributed by atoms with Crippen LogP contribution in [0.2, 0.25) is 0 Å². The van der Waals surface area contributed by atoms with E-state index >= 15 is 0 Å². The number of aromatic nitrogens is 3. The third kappa shape index (κ3) is 3.86. The Hall–Kier alpha value is -2.86. The van der Waals surface area contributed by atoms with E-state index in [2.05, 4.69) is 46.3 Å². The van der Waals surface area contributed by atoms with Crippen molar-refractivity contribution in [3.05, 3.63) is 77.8 Å². The Morgan fingerprint density at radius 3 is 2.69 bits per heavy atom. The molecule has 0 atom stereocenters. The quantitative estimate of drug-likeness (QED) is 0.473. The van der Waals surface area contributed by atoms with E-state index in [4.69, 9.17) is 8.94 Å². The Balaban J connectivity index is 1.39. The lowest BCUT2D eigenvalue weighted by molar-refractivity contribution is 0.413. The first-order chi connectivity index (χ1) is 12.8. The number of hydrogen-bond donors (Lipinski definition) is 0. The van der Waals surface area contributed by atoms with E-state index in [1.807, 2.05) is 36.0 Å². The molecule has 5 nitrogen and oxygen atoms in total. The van der Waals surface area contributed by atoms with Gasteiger partial charge in [-0.1, -0.05) is 35.0 Å². The Morgan fingerprint density at radius 1 is 1.00 bits per heavy atom. The van der Waals surface area contributed by atoms with E-state index in [1.54, 1.807) is 12.4 Å². The predicted octanol–water partition coefficient (Wildman–Crippen LogP) is 5.13. The maximum Gasteiger partial charge on any atom is 0.293 e. The second-order valence-electron chi connectivity index (χ2n) is 5.91. The van der Waals surface area contributed by atoms with Crippen molar-refractivity contribution in [3.63, 3.8) is 0 Å². The van der Waals surface area contributed by atoms with Crippen molar-refractivity contribution in [1.82, 2.24) is 15.1 Å². The minimum atomic E-state index is 0.374. The van der Waals surface area contributed by atoms with Gasteiger partial charge in [-0.15, -0.1) is 11.8 Å². The van der Waals surface area contributed by atoms with Crippen molar-refractivity contribution >= 4 is 11.8 Å². The molecule has 26 heavy (non-hydrogen) atoms. The predicted molar refractivity (Wildman–Crippen MR) is 101 cm³/mol.